The van der Waals surface area contributed by atoms with Crippen LogP contribution in [-0.4, -0.2) is 83.3 Å². The summed E-state index contributed by atoms with van der Waals surface area (Å²) in [6.45, 7) is 4.31. The topological polar surface area (TPSA) is 193 Å². The smallest absolute Gasteiger partial charge is 0.243 e. The van der Waals surface area contributed by atoms with Crippen molar-refractivity contribution in [2.24, 2.45) is 0 Å². The minimum atomic E-state index is -3.92. The number of carbonyl (C=O) groups is 4. The third kappa shape index (κ3) is 10.6. The Morgan fingerprint density at radius 1 is 0.984 bits per heavy atom. The van der Waals surface area contributed by atoms with Crippen molar-refractivity contribution in [3.05, 3.63) is 119 Å². The molecule has 7 rings (SSSR count). The van der Waals surface area contributed by atoms with Gasteiger partial charge in [0.05, 0.1) is 46.2 Å². The number of fused-ring (bicyclic) bond motifs is 1. The van der Waals surface area contributed by atoms with E-state index in [1.807, 2.05) is 36.7 Å². The number of thiazole rings is 1. The van der Waals surface area contributed by atoms with Gasteiger partial charge in [0.25, 0.3) is 0 Å². The van der Waals surface area contributed by atoms with Gasteiger partial charge in [-0.1, -0.05) is 43.3 Å². The van der Waals surface area contributed by atoms with Crippen molar-refractivity contribution in [2.75, 3.05) is 30.2 Å². The number of aromatic nitrogens is 3. The second-order valence-electron chi connectivity index (χ2n) is 15.0. The third-order valence-corrected chi connectivity index (χ3v) is 13.0. The highest BCUT2D eigenvalue weighted by Gasteiger charge is 2.34. The first-order valence-corrected chi connectivity index (χ1v) is 22.9. The van der Waals surface area contributed by atoms with Crippen molar-refractivity contribution in [3.63, 3.8) is 0 Å². The minimum Gasteiger partial charge on any atom is -0.494 e. The molecule has 1 unspecified atom stereocenters. The maximum atomic E-state index is 15.5. The van der Waals surface area contributed by atoms with Crippen LogP contribution >= 0.6 is 11.3 Å². The molecule has 0 spiro atoms. The van der Waals surface area contributed by atoms with E-state index < -0.39 is 44.7 Å². The Bertz CT molecular complexity index is 2780. The Balaban J connectivity index is 0.886. The van der Waals surface area contributed by atoms with Crippen LogP contribution in [0.15, 0.2) is 84.6 Å². The maximum Gasteiger partial charge on any atom is 0.243 e. The lowest BCUT2D eigenvalue weighted by molar-refractivity contribution is -0.138. The summed E-state index contributed by atoms with van der Waals surface area (Å²) in [5.74, 6) is -4.18. The van der Waals surface area contributed by atoms with Gasteiger partial charge in [0.15, 0.2) is 5.82 Å². The fraction of sp³-hybridized carbons (Fsp3) is 0.289. The monoisotopic (exact) mass is 897 g/mol. The van der Waals surface area contributed by atoms with E-state index in [9.17, 15) is 32.0 Å². The predicted octanol–water partition coefficient (Wildman–Crippen LogP) is 6.91. The maximum absolute atomic E-state index is 15.5. The predicted molar refractivity (Wildman–Crippen MR) is 236 cm³/mol. The number of nitrogens with one attached hydrogen (secondary N) is 4. The number of sulfonamides is 1. The molecule has 3 aromatic heterocycles. The molecule has 3 aromatic carbocycles. The van der Waals surface area contributed by atoms with E-state index in [1.54, 1.807) is 54.8 Å². The molecule has 0 saturated carbocycles. The van der Waals surface area contributed by atoms with Crippen molar-refractivity contribution in [1.29, 1.82) is 0 Å². The molecule has 1 aliphatic heterocycles. The number of hydrogen-bond donors (Lipinski definition) is 4. The number of aryl methyl sites for hydroxylation is 1. The SMILES string of the molecule is CCCS(=O)(=O)Nc1ccc(F)c(C(=O)c2c[nH]c3ncc(-c4cccc(OCCCC(=O)NCC(=O)N5CCCC5C(=O)NCc5ccc(-c6scnc6C)cc5)c4)cc23)c1F. The molecule has 0 radical (unpaired) electrons. The van der Waals surface area contributed by atoms with Gasteiger partial charge >= 0.3 is 0 Å². The van der Waals surface area contributed by atoms with Crippen LogP contribution in [0.3, 0.4) is 0 Å². The van der Waals surface area contributed by atoms with Crippen LogP contribution in [-0.2, 0) is 31.0 Å². The quantitative estimate of drug-likeness (QED) is 0.0525. The van der Waals surface area contributed by atoms with Crippen LogP contribution < -0.4 is 20.1 Å². The fourth-order valence-corrected chi connectivity index (χ4v) is 9.30. The number of likely N-dealkylation sites (tertiary alicyclic amines) is 1. The van der Waals surface area contributed by atoms with Gasteiger partial charge in [0, 0.05) is 48.4 Å². The van der Waals surface area contributed by atoms with Crippen molar-refractivity contribution in [3.8, 4) is 27.3 Å². The normalized spacial score (nSPS) is 13.8. The van der Waals surface area contributed by atoms with Gasteiger partial charge in [-0.25, -0.2) is 27.2 Å². The fourth-order valence-electron chi connectivity index (χ4n) is 7.36. The van der Waals surface area contributed by atoms with E-state index in [-0.39, 0.29) is 66.1 Å². The van der Waals surface area contributed by atoms with E-state index in [2.05, 4.69) is 30.3 Å². The molecule has 1 saturated heterocycles. The highest BCUT2D eigenvalue weighted by Crippen LogP contribution is 2.31. The van der Waals surface area contributed by atoms with Gasteiger partial charge in [0.1, 0.15) is 23.3 Å². The summed E-state index contributed by atoms with van der Waals surface area (Å²) < 4.78 is 63.0. The summed E-state index contributed by atoms with van der Waals surface area (Å²) in [6, 6.07) is 17.7. The number of ketones is 1. The molecule has 14 nitrogen and oxygen atoms in total. The molecule has 1 aliphatic rings. The second kappa shape index (κ2) is 19.7. The number of halogens is 2. The van der Waals surface area contributed by atoms with Gasteiger partial charge in [-0.3, -0.25) is 23.9 Å². The number of benzene rings is 3. The van der Waals surface area contributed by atoms with Crippen LogP contribution in [0.1, 0.15) is 66.2 Å². The number of hydrogen-bond acceptors (Lipinski definition) is 10. The van der Waals surface area contributed by atoms with Crippen LogP contribution in [0.5, 0.6) is 5.75 Å². The summed E-state index contributed by atoms with van der Waals surface area (Å²) in [5, 5.41) is 5.89. The summed E-state index contributed by atoms with van der Waals surface area (Å²) in [4.78, 5) is 66.6. The first-order chi connectivity index (χ1) is 30.3. The van der Waals surface area contributed by atoms with Crippen LogP contribution in [0.25, 0.3) is 32.6 Å². The number of pyridine rings is 1. The van der Waals surface area contributed by atoms with E-state index >= 15 is 4.39 Å². The highest BCUT2D eigenvalue weighted by molar-refractivity contribution is 7.92. The average Bonchev–Trinajstić information content (AvgIpc) is 4.05. The molecular formula is C45H45F2N7O7S2. The van der Waals surface area contributed by atoms with Crippen LogP contribution in [0.2, 0.25) is 0 Å². The van der Waals surface area contributed by atoms with Gasteiger partial charge in [-0.2, -0.15) is 0 Å². The van der Waals surface area contributed by atoms with E-state index in [4.69, 9.17) is 4.74 Å². The Morgan fingerprint density at radius 2 is 1.79 bits per heavy atom. The Kier molecular flexibility index (Phi) is 13.9. The number of anilines is 1. The summed E-state index contributed by atoms with van der Waals surface area (Å²) in [6.07, 6.45) is 4.79. The number of ether oxygens (including phenoxy) is 1. The van der Waals surface area contributed by atoms with Gasteiger partial charge in [-0.15, -0.1) is 11.3 Å². The largest absolute Gasteiger partial charge is 0.494 e. The zero-order valence-corrected chi connectivity index (χ0v) is 36.1. The lowest BCUT2D eigenvalue weighted by atomic mass is 10.00. The van der Waals surface area contributed by atoms with Gasteiger partial charge in [0.2, 0.25) is 33.5 Å². The molecule has 18 heteroatoms. The number of rotatable bonds is 18. The highest BCUT2D eigenvalue weighted by atomic mass is 32.2. The zero-order chi connectivity index (χ0) is 44.7. The minimum absolute atomic E-state index is 0.0694. The molecule has 1 atom stereocenters. The first-order valence-electron chi connectivity index (χ1n) is 20.4. The Morgan fingerprint density at radius 3 is 2.56 bits per heavy atom. The lowest BCUT2D eigenvalue weighted by Crippen LogP contribution is -2.48. The molecule has 4 heterocycles. The molecule has 0 bridgehead atoms. The second-order valence-corrected chi connectivity index (χ2v) is 17.7. The summed E-state index contributed by atoms with van der Waals surface area (Å²) >= 11 is 1.58. The van der Waals surface area contributed by atoms with Crippen molar-refractivity contribution >= 4 is 61.6 Å². The van der Waals surface area contributed by atoms with Crippen LogP contribution in [0, 0.1) is 18.6 Å². The molecule has 4 N–H and O–H groups in total. The number of nitrogens with zero attached hydrogens (tertiary/aromatic N) is 3. The van der Waals surface area contributed by atoms with E-state index in [0.29, 0.717) is 49.2 Å². The zero-order valence-electron chi connectivity index (χ0n) is 34.5. The Hall–Kier alpha value is -6.53. The lowest BCUT2D eigenvalue weighted by Gasteiger charge is -2.24. The molecule has 63 heavy (non-hydrogen) atoms. The van der Waals surface area contributed by atoms with E-state index in [0.717, 1.165) is 33.8 Å². The van der Waals surface area contributed by atoms with E-state index in [1.165, 1.54) is 11.1 Å². The number of carbonyl (C=O) groups excluding carboxylic acids is 4. The molecule has 328 valence electrons. The summed E-state index contributed by atoms with van der Waals surface area (Å²) in [5.41, 5.74) is 4.78. The van der Waals surface area contributed by atoms with Crippen molar-refractivity contribution < 1.29 is 41.1 Å². The number of amides is 3. The average molecular weight is 898 g/mol. The molecule has 0 aliphatic carbocycles. The Labute approximate surface area is 366 Å². The van der Waals surface area contributed by atoms with Crippen LogP contribution in [0.4, 0.5) is 14.5 Å². The first kappa shape index (κ1) is 44.5. The molecule has 3 amide bonds. The third-order valence-electron chi connectivity index (χ3n) is 10.6. The standard InChI is InChI=1S/C45H45F2N7O7S2/c1-3-19-63(59,60)53-36-16-15-35(46)40(41(36)47)42(57)34-24-50-44-33(34)21-31(23-49-44)30-7-4-8-32(20-30)61-18-6-10-38(55)48-25-39(56)54-17-5-9-37(54)45(58)51-22-28-11-13-29(14-12-28)43-27(2)52-26-62-43/h4,7-8,11-16,20-21,23-24,26,37,53H,3,5-6,9-10,17-19,22,25H2,1-2H3,(H,48,55)(H,49,50)(H,51,58). The van der Waals surface area contributed by atoms with Crippen molar-refractivity contribution in [1.82, 2.24) is 30.5 Å². The van der Waals surface area contributed by atoms with Gasteiger partial charge < -0.3 is 25.3 Å². The summed E-state index contributed by atoms with van der Waals surface area (Å²) in [7, 11) is -3.92. The number of H-pyrrole nitrogens is 1. The van der Waals surface area contributed by atoms with Crippen molar-refractivity contribution in [2.45, 2.75) is 58.5 Å². The number of aromatic amines is 1. The molecular weight excluding hydrogens is 853 g/mol. The van der Waals surface area contributed by atoms with Gasteiger partial charge in [-0.05, 0) is 79.6 Å². The molecule has 1 fully saturated rings. The molecule has 6 aromatic rings.